The Morgan fingerprint density at radius 3 is 2.53 bits per heavy atom. The molecule has 1 aliphatic carbocycles. The maximum atomic E-state index is 13.1. The van der Waals surface area contributed by atoms with Crippen molar-refractivity contribution in [2.24, 2.45) is 5.73 Å². The Morgan fingerprint density at radius 1 is 1.12 bits per heavy atom. The summed E-state index contributed by atoms with van der Waals surface area (Å²) in [4.78, 5) is 26.2. The summed E-state index contributed by atoms with van der Waals surface area (Å²) in [5.41, 5.74) is 7.30. The summed E-state index contributed by atoms with van der Waals surface area (Å²) >= 11 is 1.41. The Kier molecular flexibility index (Phi) is 6.69. The minimum absolute atomic E-state index is 0.0220. The fraction of sp³-hybridized carbons (Fsp3) is 0.478. The second kappa shape index (κ2) is 9.33. The quantitative estimate of drug-likeness (QED) is 0.659. The highest BCUT2D eigenvalue weighted by molar-refractivity contribution is 7.89. The van der Waals surface area contributed by atoms with Crippen LogP contribution in [0.1, 0.15) is 76.6 Å². The molecule has 1 fully saturated rings. The molecule has 4 rings (SSSR count). The molecule has 3 N–H and O–H groups in total. The van der Waals surface area contributed by atoms with Gasteiger partial charge in [-0.25, -0.2) is 8.42 Å². The number of aryl methyl sites for hydroxylation is 1. The van der Waals surface area contributed by atoms with Crippen molar-refractivity contribution < 1.29 is 18.0 Å². The summed E-state index contributed by atoms with van der Waals surface area (Å²) in [6, 6.07) is 6.03. The number of benzene rings is 1. The number of piperidine rings is 1. The monoisotopic (exact) mass is 475 g/mol. The third-order valence-electron chi connectivity index (χ3n) is 6.41. The van der Waals surface area contributed by atoms with Crippen molar-refractivity contribution >= 4 is 38.2 Å². The molecule has 2 heterocycles. The molecule has 1 aliphatic heterocycles. The van der Waals surface area contributed by atoms with Crippen molar-refractivity contribution in [1.29, 1.82) is 0 Å². The number of nitrogens with one attached hydrogen (secondary N) is 1. The molecule has 0 radical (unpaired) electrons. The number of primary amides is 1. The topological polar surface area (TPSA) is 110 Å². The minimum Gasteiger partial charge on any atom is -0.365 e. The largest absolute Gasteiger partial charge is 0.365 e. The van der Waals surface area contributed by atoms with Crippen molar-refractivity contribution in [2.45, 2.75) is 69.2 Å². The predicted octanol–water partition coefficient (Wildman–Crippen LogP) is 3.93. The first-order valence-corrected chi connectivity index (χ1v) is 13.5. The average Bonchev–Trinajstić information content (AvgIpc) is 3.17. The number of amides is 2. The molecule has 0 saturated carbocycles. The van der Waals surface area contributed by atoms with E-state index in [-0.39, 0.29) is 16.8 Å². The summed E-state index contributed by atoms with van der Waals surface area (Å²) < 4.78 is 27.9. The number of hydrogen-bond donors (Lipinski definition) is 2. The second-order valence-electron chi connectivity index (χ2n) is 8.43. The summed E-state index contributed by atoms with van der Waals surface area (Å²) in [5, 5.41) is 3.30. The average molecular weight is 476 g/mol. The van der Waals surface area contributed by atoms with Crippen molar-refractivity contribution in [3.8, 4) is 0 Å². The molecule has 0 unspecified atom stereocenters. The molecule has 2 aliphatic rings. The molecule has 2 aromatic rings. The Balaban J connectivity index is 1.54. The Labute approximate surface area is 193 Å². The Morgan fingerprint density at radius 2 is 1.84 bits per heavy atom. The molecule has 1 saturated heterocycles. The van der Waals surface area contributed by atoms with Gasteiger partial charge >= 0.3 is 0 Å². The van der Waals surface area contributed by atoms with Crippen LogP contribution in [-0.2, 0) is 22.9 Å². The van der Waals surface area contributed by atoms with Crippen LogP contribution in [0.3, 0.4) is 0 Å². The van der Waals surface area contributed by atoms with Gasteiger partial charge < -0.3 is 11.1 Å². The summed E-state index contributed by atoms with van der Waals surface area (Å²) in [7, 11) is -3.60. The highest BCUT2D eigenvalue weighted by atomic mass is 32.2. The highest BCUT2D eigenvalue weighted by Gasteiger charge is 2.32. The minimum atomic E-state index is -3.60. The van der Waals surface area contributed by atoms with E-state index in [0.717, 1.165) is 61.8 Å². The molecule has 1 aromatic heterocycles. The lowest BCUT2D eigenvalue weighted by atomic mass is 9.95. The molecule has 0 bridgehead atoms. The number of anilines is 1. The second-order valence-corrected chi connectivity index (χ2v) is 11.4. The number of rotatable bonds is 6. The lowest BCUT2D eigenvalue weighted by Crippen LogP contribution is -2.43. The van der Waals surface area contributed by atoms with Gasteiger partial charge in [-0.2, -0.15) is 4.31 Å². The molecule has 1 aromatic carbocycles. The Bertz CT molecular complexity index is 1120. The molecular weight excluding hydrogens is 446 g/mol. The summed E-state index contributed by atoms with van der Waals surface area (Å²) in [6.45, 7) is 2.54. The van der Waals surface area contributed by atoms with Crippen molar-refractivity contribution in [3.05, 3.63) is 45.8 Å². The van der Waals surface area contributed by atoms with Crippen molar-refractivity contribution in [2.75, 3.05) is 11.9 Å². The van der Waals surface area contributed by atoms with E-state index in [2.05, 4.69) is 5.32 Å². The van der Waals surface area contributed by atoms with Gasteiger partial charge in [0.1, 0.15) is 5.00 Å². The molecule has 0 spiro atoms. The zero-order valence-electron chi connectivity index (χ0n) is 18.2. The smallest absolute Gasteiger partial charge is 0.256 e. The van der Waals surface area contributed by atoms with Crippen molar-refractivity contribution in [1.82, 2.24) is 4.31 Å². The number of nitrogens with two attached hydrogens (primary N) is 1. The molecule has 9 heteroatoms. The lowest BCUT2D eigenvalue weighted by molar-refractivity contribution is 0.100. The lowest BCUT2D eigenvalue weighted by Gasteiger charge is -2.34. The first kappa shape index (κ1) is 22.9. The fourth-order valence-corrected chi connectivity index (χ4v) is 7.76. The van der Waals surface area contributed by atoms with Crippen LogP contribution in [0.15, 0.2) is 29.2 Å². The van der Waals surface area contributed by atoms with Gasteiger partial charge in [0.25, 0.3) is 11.8 Å². The molecule has 7 nitrogen and oxygen atoms in total. The van der Waals surface area contributed by atoms with Gasteiger partial charge in [0, 0.05) is 23.0 Å². The number of fused-ring (bicyclic) bond motifs is 1. The summed E-state index contributed by atoms with van der Waals surface area (Å²) in [5.74, 6) is -0.924. The fourth-order valence-electron chi connectivity index (χ4n) is 4.70. The van der Waals surface area contributed by atoms with Crippen LogP contribution in [0, 0.1) is 0 Å². The van der Waals surface area contributed by atoms with E-state index in [0.29, 0.717) is 22.7 Å². The van der Waals surface area contributed by atoms with Crippen LogP contribution in [-0.4, -0.2) is 37.1 Å². The number of sulfonamides is 1. The van der Waals surface area contributed by atoms with E-state index >= 15 is 0 Å². The van der Waals surface area contributed by atoms with E-state index in [1.165, 1.54) is 35.6 Å². The standard InChI is InChI=1S/C23H29N3O4S2/c1-2-16-7-5-6-14-26(16)32(29,30)17-12-10-15(11-13-17)22(28)25-23-20(21(24)27)18-8-3-4-9-19(18)31-23/h10-13,16H,2-9,14H2,1H3,(H2,24,27)(H,25,28)/t16-/m0/s1. The number of carbonyl (C=O) groups excluding carboxylic acids is 2. The van der Waals surface area contributed by atoms with E-state index in [1.54, 1.807) is 4.31 Å². The third-order valence-corrected chi connectivity index (χ3v) is 9.59. The zero-order chi connectivity index (χ0) is 22.9. The molecule has 32 heavy (non-hydrogen) atoms. The number of hydrogen-bond acceptors (Lipinski definition) is 5. The molecular formula is C23H29N3O4S2. The molecule has 2 amide bonds. The summed E-state index contributed by atoms with van der Waals surface area (Å²) in [6.07, 6.45) is 7.32. The molecule has 1 atom stereocenters. The predicted molar refractivity (Wildman–Crippen MR) is 126 cm³/mol. The number of nitrogens with zero attached hydrogens (tertiary/aromatic N) is 1. The van der Waals surface area contributed by atoms with Gasteiger partial charge in [-0.1, -0.05) is 13.3 Å². The van der Waals surface area contributed by atoms with Crippen LogP contribution in [0.5, 0.6) is 0 Å². The SMILES string of the molecule is CC[C@H]1CCCCN1S(=O)(=O)c1ccc(C(=O)Nc2sc3c(c2C(N)=O)CCCC3)cc1. The van der Waals surface area contributed by atoms with Crippen LogP contribution in [0.2, 0.25) is 0 Å². The Hall–Kier alpha value is -2.23. The van der Waals surface area contributed by atoms with Gasteiger partial charge in [0.2, 0.25) is 10.0 Å². The van der Waals surface area contributed by atoms with Crippen LogP contribution < -0.4 is 11.1 Å². The van der Waals surface area contributed by atoms with Gasteiger partial charge in [0.05, 0.1) is 10.5 Å². The molecule has 172 valence electrons. The van der Waals surface area contributed by atoms with E-state index < -0.39 is 15.9 Å². The van der Waals surface area contributed by atoms with E-state index in [1.807, 2.05) is 6.92 Å². The van der Waals surface area contributed by atoms with Gasteiger partial charge in [-0.05, 0) is 74.8 Å². The van der Waals surface area contributed by atoms with Crippen LogP contribution in [0.25, 0.3) is 0 Å². The highest BCUT2D eigenvalue weighted by Crippen LogP contribution is 2.38. The van der Waals surface area contributed by atoms with E-state index in [4.69, 9.17) is 5.73 Å². The first-order valence-electron chi connectivity index (χ1n) is 11.2. The van der Waals surface area contributed by atoms with Crippen LogP contribution >= 0.6 is 11.3 Å². The van der Waals surface area contributed by atoms with Crippen molar-refractivity contribution in [3.63, 3.8) is 0 Å². The number of carbonyl (C=O) groups is 2. The van der Waals surface area contributed by atoms with Gasteiger partial charge in [-0.3, -0.25) is 9.59 Å². The van der Waals surface area contributed by atoms with E-state index in [9.17, 15) is 18.0 Å². The van der Waals surface area contributed by atoms with Gasteiger partial charge in [0.15, 0.2) is 0 Å². The first-order chi connectivity index (χ1) is 15.3. The third kappa shape index (κ3) is 4.33. The van der Waals surface area contributed by atoms with Crippen LogP contribution in [0.4, 0.5) is 5.00 Å². The maximum absolute atomic E-state index is 13.1. The zero-order valence-corrected chi connectivity index (χ0v) is 19.9. The number of thiophene rings is 1. The normalized spacial score (nSPS) is 19.3. The van der Waals surface area contributed by atoms with Gasteiger partial charge in [-0.15, -0.1) is 11.3 Å². The maximum Gasteiger partial charge on any atom is 0.256 e.